The van der Waals surface area contributed by atoms with E-state index >= 15 is 0 Å². The van der Waals surface area contributed by atoms with Gasteiger partial charge >= 0.3 is 0 Å². The van der Waals surface area contributed by atoms with Crippen molar-refractivity contribution in [2.75, 3.05) is 0 Å². The van der Waals surface area contributed by atoms with E-state index < -0.39 is 10.8 Å². The molecule has 8 heteroatoms. The fourth-order valence-electron chi connectivity index (χ4n) is 0.943. The second-order valence-electron chi connectivity index (χ2n) is 2.69. The van der Waals surface area contributed by atoms with Crippen LogP contribution in [0.3, 0.4) is 0 Å². The first-order valence-electron chi connectivity index (χ1n) is 4.04. The molecule has 0 saturated carbocycles. The van der Waals surface area contributed by atoms with Crippen molar-refractivity contribution in [2.45, 2.75) is 0 Å². The standard InChI is InChI=1S/C8H7N3O3S2/c12-7(9-10-8(15)16)5-2-1-3-6(4-5)11(13)14/h1-4H,(H,9,12)(H2,10,15,16). The van der Waals surface area contributed by atoms with E-state index in [0.717, 1.165) is 0 Å². The summed E-state index contributed by atoms with van der Waals surface area (Å²) in [7, 11) is 0. The van der Waals surface area contributed by atoms with Crippen LogP contribution in [0.5, 0.6) is 0 Å². The highest BCUT2D eigenvalue weighted by Gasteiger charge is 2.10. The van der Waals surface area contributed by atoms with Gasteiger partial charge in [-0.25, -0.2) is 0 Å². The predicted molar refractivity (Wildman–Crippen MR) is 65.3 cm³/mol. The molecule has 0 radical (unpaired) electrons. The number of carbonyl (C=O) groups excluding carboxylic acids is 1. The Labute approximate surface area is 102 Å². The molecule has 1 rings (SSSR count). The minimum absolute atomic E-state index is 0.0961. The number of rotatable bonds is 2. The van der Waals surface area contributed by atoms with E-state index in [1.165, 1.54) is 24.3 Å². The number of thiol groups is 1. The third kappa shape index (κ3) is 3.48. The van der Waals surface area contributed by atoms with Crippen LogP contribution in [0.2, 0.25) is 0 Å². The number of carbonyl (C=O) groups is 1. The second kappa shape index (κ2) is 5.42. The number of non-ortho nitro benzene ring substituents is 1. The summed E-state index contributed by atoms with van der Waals surface area (Å²) in [5.41, 5.74) is 4.56. The molecule has 2 N–H and O–H groups in total. The van der Waals surface area contributed by atoms with Crippen molar-refractivity contribution in [1.29, 1.82) is 0 Å². The van der Waals surface area contributed by atoms with Crippen molar-refractivity contribution < 1.29 is 9.72 Å². The van der Waals surface area contributed by atoms with Gasteiger partial charge in [0.1, 0.15) is 4.32 Å². The number of hydrogen-bond donors (Lipinski definition) is 3. The molecule has 0 atom stereocenters. The van der Waals surface area contributed by atoms with E-state index in [0.29, 0.717) is 0 Å². The number of nitro groups is 1. The summed E-state index contributed by atoms with van der Waals surface area (Å²) >= 11 is 8.30. The van der Waals surface area contributed by atoms with Gasteiger partial charge in [0.15, 0.2) is 0 Å². The number of hydrazine groups is 1. The first-order chi connectivity index (χ1) is 7.50. The van der Waals surface area contributed by atoms with Gasteiger partial charge in [-0.15, -0.1) is 12.6 Å². The van der Waals surface area contributed by atoms with E-state index in [1.54, 1.807) is 0 Å². The summed E-state index contributed by atoms with van der Waals surface area (Å²) in [5.74, 6) is -0.528. The zero-order chi connectivity index (χ0) is 12.1. The Bertz CT molecular complexity index is 450. The molecule has 0 bridgehead atoms. The lowest BCUT2D eigenvalue weighted by Gasteiger charge is -2.05. The average Bonchev–Trinajstić information content (AvgIpc) is 2.26. The van der Waals surface area contributed by atoms with Gasteiger partial charge in [0.05, 0.1) is 4.92 Å². The number of amides is 1. The molecule has 16 heavy (non-hydrogen) atoms. The van der Waals surface area contributed by atoms with E-state index in [9.17, 15) is 14.9 Å². The first kappa shape index (κ1) is 12.4. The number of thiocarbonyl (C=S) groups is 1. The van der Waals surface area contributed by atoms with Crippen LogP contribution in [0.25, 0.3) is 0 Å². The van der Waals surface area contributed by atoms with Crippen molar-refractivity contribution in [2.24, 2.45) is 0 Å². The lowest BCUT2D eigenvalue weighted by atomic mass is 10.2. The number of nitrogens with one attached hydrogen (secondary N) is 2. The van der Waals surface area contributed by atoms with Gasteiger partial charge < -0.3 is 0 Å². The Morgan fingerprint density at radius 1 is 1.44 bits per heavy atom. The van der Waals surface area contributed by atoms with Crippen molar-refractivity contribution in [3.05, 3.63) is 39.9 Å². The predicted octanol–water partition coefficient (Wildman–Crippen LogP) is 1.04. The average molecular weight is 257 g/mol. The van der Waals surface area contributed by atoms with E-state index in [1.807, 2.05) is 0 Å². The molecule has 0 aliphatic heterocycles. The highest BCUT2D eigenvalue weighted by molar-refractivity contribution is 8.11. The summed E-state index contributed by atoms with van der Waals surface area (Å²) in [4.78, 5) is 21.3. The van der Waals surface area contributed by atoms with Crippen LogP contribution < -0.4 is 10.9 Å². The third-order valence-electron chi connectivity index (χ3n) is 1.60. The van der Waals surface area contributed by atoms with Crippen LogP contribution in [0.1, 0.15) is 10.4 Å². The van der Waals surface area contributed by atoms with Gasteiger partial charge in [-0.2, -0.15) is 0 Å². The van der Waals surface area contributed by atoms with Crippen LogP contribution >= 0.6 is 24.8 Å². The molecule has 0 unspecified atom stereocenters. The Morgan fingerprint density at radius 2 is 2.12 bits per heavy atom. The minimum atomic E-state index is -0.576. The SMILES string of the molecule is O=C(NNC(=S)S)c1cccc([N+](=O)[O-])c1. The normalized spacial score (nSPS) is 9.31. The fraction of sp³-hybridized carbons (Fsp3) is 0. The Morgan fingerprint density at radius 3 is 2.69 bits per heavy atom. The van der Waals surface area contributed by atoms with Crippen LogP contribution in [0.15, 0.2) is 24.3 Å². The highest BCUT2D eigenvalue weighted by Crippen LogP contribution is 2.12. The Balaban J connectivity index is 2.79. The van der Waals surface area contributed by atoms with Crippen molar-refractivity contribution in [3.8, 4) is 0 Å². The van der Waals surface area contributed by atoms with Crippen molar-refractivity contribution in [3.63, 3.8) is 0 Å². The summed E-state index contributed by atoms with van der Waals surface area (Å²) in [6.45, 7) is 0. The zero-order valence-electron chi connectivity index (χ0n) is 7.84. The van der Waals surface area contributed by atoms with Gasteiger partial charge in [-0.1, -0.05) is 18.3 Å². The molecule has 0 saturated heterocycles. The molecule has 0 aliphatic carbocycles. The molecule has 84 valence electrons. The minimum Gasteiger partial charge on any atom is -0.283 e. The molecule has 0 spiro atoms. The maximum absolute atomic E-state index is 11.4. The molecular weight excluding hydrogens is 250 g/mol. The van der Waals surface area contributed by atoms with E-state index in [2.05, 4.69) is 35.7 Å². The Kier molecular flexibility index (Phi) is 4.20. The Hall–Kier alpha value is -1.67. The summed E-state index contributed by atoms with van der Waals surface area (Å²) in [5, 5.41) is 10.5. The molecule has 1 amide bonds. The highest BCUT2D eigenvalue weighted by atomic mass is 32.1. The lowest BCUT2D eigenvalue weighted by molar-refractivity contribution is -0.384. The summed E-state index contributed by atoms with van der Waals surface area (Å²) < 4.78 is 0.0961. The van der Waals surface area contributed by atoms with Crippen LogP contribution in [-0.2, 0) is 0 Å². The molecule has 1 aromatic rings. The third-order valence-corrected chi connectivity index (χ3v) is 1.82. The molecule has 0 aliphatic rings. The maximum atomic E-state index is 11.4. The molecule has 0 fully saturated rings. The topological polar surface area (TPSA) is 84.3 Å². The van der Waals surface area contributed by atoms with Gasteiger partial charge in [-0.05, 0) is 6.07 Å². The molecule has 0 heterocycles. The number of nitrogens with zero attached hydrogens (tertiary/aromatic N) is 1. The smallest absolute Gasteiger partial charge is 0.270 e. The van der Waals surface area contributed by atoms with Gasteiger partial charge in [0, 0.05) is 17.7 Å². The second-order valence-corrected chi connectivity index (χ2v) is 3.85. The van der Waals surface area contributed by atoms with Gasteiger partial charge in [-0.3, -0.25) is 25.8 Å². The molecule has 0 aromatic heterocycles. The monoisotopic (exact) mass is 257 g/mol. The van der Waals surface area contributed by atoms with Gasteiger partial charge in [0.25, 0.3) is 11.6 Å². The maximum Gasteiger partial charge on any atom is 0.270 e. The van der Waals surface area contributed by atoms with Crippen LogP contribution in [-0.4, -0.2) is 15.2 Å². The number of nitro benzene ring substituents is 1. The van der Waals surface area contributed by atoms with Crippen molar-refractivity contribution >= 4 is 40.8 Å². The van der Waals surface area contributed by atoms with E-state index in [4.69, 9.17) is 0 Å². The largest absolute Gasteiger partial charge is 0.283 e. The quantitative estimate of drug-likeness (QED) is 0.319. The lowest BCUT2D eigenvalue weighted by Crippen LogP contribution is -2.38. The molecule has 1 aromatic carbocycles. The van der Waals surface area contributed by atoms with Crippen LogP contribution in [0.4, 0.5) is 5.69 Å². The number of benzene rings is 1. The first-order valence-corrected chi connectivity index (χ1v) is 4.90. The van der Waals surface area contributed by atoms with Gasteiger partial charge in [0.2, 0.25) is 0 Å². The molecule has 6 nitrogen and oxygen atoms in total. The fourth-order valence-corrected chi connectivity index (χ4v) is 1.05. The summed E-state index contributed by atoms with van der Waals surface area (Å²) in [6.07, 6.45) is 0. The van der Waals surface area contributed by atoms with Crippen LogP contribution in [0, 0.1) is 10.1 Å². The number of hydrogen-bond acceptors (Lipinski definition) is 4. The molecular formula is C8H7N3O3S2. The van der Waals surface area contributed by atoms with Crippen molar-refractivity contribution in [1.82, 2.24) is 10.9 Å². The zero-order valence-corrected chi connectivity index (χ0v) is 9.55. The van der Waals surface area contributed by atoms with E-state index in [-0.39, 0.29) is 15.6 Å². The summed E-state index contributed by atoms with van der Waals surface area (Å²) in [6, 6.07) is 5.34.